The molecule has 8 heteroatoms. The van der Waals surface area contributed by atoms with E-state index in [4.69, 9.17) is 14.2 Å². The highest BCUT2D eigenvalue weighted by Crippen LogP contribution is 2.39. The summed E-state index contributed by atoms with van der Waals surface area (Å²) in [6, 6.07) is 9.45. The lowest BCUT2D eigenvalue weighted by atomic mass is 10.2. The molecule has 0 unspecified atom stereocenters. The summed E-state index contributed by atoms with van der Waals surface area (Å²) in [5, 5.41) is 5.40. The van der Waals surface area contributed by atoms with Gasteiger partial charge in [-0.25, -0.2) is 4.79 Å². The molecule has 27 heavy (non-hydrogen) atoms. The molecule has 0 heterocycles. The molecule has 0 aliphatic rings. The van der Waals surface area contributed by atoms with Crippen molar-refractivity contribution in [1.82, 2.24) is 4.90 Å². The highest BCUT2D eigenvalue weighted by Gasteiger charge is 2.15. The molecule has 144 valence electrons. The third kappa shape index (κ3) is 4.81. The third-order valence-corrected chi connectivity index (χ3v) is 3.70. The number of benzene rings is 2. The monoisotopic (exact) mass is 373 g/mol. The van der Waals surface area contributed by atoms with E-state index in [2.05, 4.69) is 10.6 Å². The van der Waals surface area contributed by atoms with Crippen LogP contribution < -0.4 is 24.8 Å². The van der Waals surface area contributed by atoms with Crippen molar-refractivity contribution in [2.75, 3.05) is 46.1 Å². The number of carbonyl (C=O) groups is 2. The molecule has 0 bridgehead atoms. The zero-order chi connectivity index (χ0) is 20.0. The van der Waals surface area contributed by atoms with E-state index in [-0.39, 0.29) is 5.91 Å². The number of hydrogen-bond acceptors (Lipinski definition) is 5. The number of amides is 3. The standard InChI is InChI=1S/C19H23N3O5/c1-22(2)18(23)12-7-6-8-13(9-12)20-19(24)21-14-10-15(25-3)17(27-5)16(11-14)26-4/h6-11H,1-5H3,(H2,20,21,24). The quantitative estimate of drug-likeness (QED) is 0.812. The molecular formula is C19H23N3O5. The summed E-state index contributed by atoms with van der Waals surface area (Å²) < 4.78 is 15.8. The molecule has 0 fully saturated rings. The summed E-state index contributed by atoms with van der Waals surface area (Å²) in [6.45, 7) is 0. The fourth-order valence-electron chi connectivity index (χ4n) is 2.43. The minimum Gasteiger partial charge on any atom is -0.493 e. The summed E-state index contributed by atoms with van der Waals surface area (Å²) in [5.74, 6) is 1.13. The number of nitrogens with one attached hydrogen (secondary N) is 2. The van der Waals surface area contributed by atoms with E-state index < -0.39 is 6.03 Å². The largest absolute Gasteiger partial charge is 0.493 e. The van der Waals surface area contributed by atoms with Crippen molar-refractivity contribution in [3.8, 4) is 17.2 Å². The summed E-state index contributed by atoms with van der Waals surface area (Å²) >= 11 is 0. The van der Waals surface area contributed by atoms with Gasteiger partial charge in [-0.3, -0.25) is 4.79 Å². The Kier molecular flexibility index (Phi) is 6.48. The van der Waals surface area contributed by atoms with Crippen LogP contribution in [0.2, 0.25) is 0 Å². The lowest BCUT2D eigenvalue weighted by Crippen LogP contribution is -2.22. The average Bonchev–Trinajstić information content (AvgIpc) is 2.66. The zero-order valence-corrected chi connectivity index (χ0v) is 16.0. The van der Waals surface area contributed by atoms with Crippen LogP contribution in [0.1, 0.15) is 10.4 Å². The number of nitrogens with zero attached hydrogens (tertiary/aromatic N) is 1. The lowest BCUT2D eigenvalue weighted by molar-refractivity contribution is 0.0827. The van der Waals surface area contributed by atoms with Crippen LogP contribution in [0.3, 0.4) is 0 Å². The molecule has 2 aromatic carbocycles. The first-order chi connectivity index (χ1) is 12.9. The van der Waals surface area contributed by atoms with Crippen LogP contribution in [0.4, 0.5) is 16.2 Å². The zero-order valence-electron chi connectivity index (χ0n) is 16.0. The Labute approximate surface area is 158 Å². The second kappa shape index (κ2) is 8.79. The molecule has 2 rings (SSSR count). The van der Waals surface area contributed by atoms with Crippen molar-refractivity contribution in [2.45, 2.75) is 0 Å². The van der Waals surface area contributed by atoms with Gasteiger partial charge in [-0.05, 0) is 18.2 Å². The van der Waals surface area contributed by atoms with Gasteiger partial charge in [0.1, 0.15) is 0 Å². The fourth-order valence-corrected chi connectivity index (χ4v) is 2.43. The maximum absolute atomic E-state index is 12.3. The molecule has 0 aliphatic carbocycles. The van der Waals surface area contributed by atoms with Gasteiger partial charge in [-0.2, -0.15) is 0 Å². The van der Waals surface area contributed by atoms with Gasteiger partial charge < -0.3 is 29.7 Å². The second-order valence-electron chi connectivity index (χ2n) is 5.77. The number of rotatable bonds is 6. The van der Waals surface area contributed by atoms with Crippen LogP contribution >= 0.6 is 0 Å². The predicted molar refractivity (Wildman–Crippen MR) is 103 cm³/mol. The predicted octanol–water partition coefficient (Wildman–Crippen LogP) is 3.06. The number of urea groups is 1. The van der Waals surface area contributed by atoms with Gasteiger partial charge in [0, 0.05) is 37.5 Å². The molecule has 0 atom stereocenters. The molecular weight excluding hydrogens is 350 g/mol. The summed E-state index contributed by atoms with van der Waals surface area (Å²) in [6.07, 6.45) is 0. The lowest BCUT2D eigenvalue weighted by Gasteiger charge is -2.15. The Bertz CT molecular complexity index is 811. The molecule has 2 N–H and O–H groups in total. The van der Waals surface area contributed by atoms with Crippen molar-refractivity contribution in [1.29, 1.82) is 0 Å². The molecule has 0 radical (unpaired) electrons. The minimum atomic E-state index is -0.473. The molecule has 8 nitrogen and oxygen atoms in total. The van der Waals surface area contributed by atoms with E-state index in [1.165, 1.54) is 26.2 Å². The molecule has 0 saturated heterocycles. The SMILES string of the molecule is COc1cc(NC(=O)Nc2cccc(C(=O)N(C)C)c2)cc(OC)c1OC. The van der Waals surface area contributed by atoms with Gasteiger partial charge in [-0.1, -0.05) is 6.07 Å². The Morgan fingerprint density at radius 2 is 1.44 bits per heavy atom. The fraction of sp³-hybridized carbons (Fsp3) is 0.263. The number of carbonyl (C=O) groups excluding carboxylic acids is 2. The van der Waals surface area contributed by atoms with Crippen LogP contribution in [0, 0.1) is 0 Å². The molecule has 0 spiro atoms. The smallest absolute Gasteiger partial charge is 0.323 e. The van der Waals surface area contributed by atoms with Crippen molar-refractivity contribution in [3.63, 3.8) is 0 Å². The van der Waals surface area contributed by atoms with Crippen molar-refractivity contribution in [2.24, 2.45) is 0 Å². The molecule has 0 saturated carbocycles. The third-order valence-electron chi connectivity index (χ3n) is 3.70. The molecule has 2 aromatic rings. The van der Waals surface area contributed by atoms with Crippen LogP contribution in [0.15, 0.2) is 36.4 Å². The van der Waals surface area contributed by atoms with E-state index in [0.29, 0.717) is 34.2 Å². The Morgan fingerprint density at radius 1 is 0.852 bits per heavy atom. The van der Waals surface area contributed by atoms with Crippen LogP contribution in [-0.2, 0) is 0 Å². The normalized spacial score (nSPS) is 9.96. The number of anilines is 2. The van der Waals surface area contributed by atoms with E-state index in [1.54, 1.807) is 50.5 Å². The van der Waals surface area contributed by atoms with Crippen molar-refractivity contribution in [3.05, 3.63) is 42.0 Å². The molecule has 0 aromatic heterocycles. The first-order valence-electron chi connectivity index (χ1n) is 8.09. The minimum absolute atomic E-state index is 0.149. The van der Waals surface area contributed by atoms with Crippen molar-refractivity contribution >= 4 is 23.3 Å². The number of hydrogen-bond donors (Lipinski definition) is 2. The number of methoxy groups -OCH3 is 3. The summed E-state index contributed by atoms with van der Waals surface area (Å²) in [7, 11) is 7.82. The van der Waals surface area contributed by atoms with Gasteiger partial charge in [0.25, 0.3) is 5.91 Å². The summed E-state index contributed by atoms with van der Waals surface area (Å²) in [4.78, 5) is 25.8. The molecule has 3 amide bonds. The maximum Gasteiger partial charge on any atom is 0.323 e. The topological polar surface area (TPSA) is 89.1 Å². The van der Waals surface area contributed by atoms with Gasteiger partial charge >= 0.3 is 6.03 Å². The van der Waals surface area contributed by atoms with Gasteiger partial charge in [-0.15, -0.1) is 0 Å². The second-order valence-corrected chi connectivity index (χ2v) is 5.77. The van der Waals surface area contributed by atoms with Gasteiger partial charge in [0.05, 0.1) is 27.0 Å². The first kappa shape index (κ1) is 19.9. The van der Waals surface area contributed by atoms with E-state index >= 15 is 0 Å². The van der Waals surface area contributed by atoms with Crippen LogP contribution in [-0.4, -0.2) is 52.3 Å². The van der Waals surface area contributed by atoms with Gasteiger partial charge in [0.15, 0.2) is 11.5 Å². The summed E-state index contributed by atoms with van der Waals surface area (Å²) in [5.41, 5.74) is 1.43. The van der Waals surface area contributed by atoms with Gasteiger partial charge in [0.2, 0.25) is 5.75 Å². The molecule has 0 aliphatic heterocycles. The van der Waals surface area contributed by atoms with E-state index in [1.807, 2.05) is 0 Å². The average molecular weight is 373 g/mol. The Hall–Kier alpha value is -3.42. The van der Waals surface area contributed by atoms with Crippen molar-refractivity contribution < 1.29 is 23.8 Å². The van der Waals surface area contributed by atoms with E-state index in [0.717, 1.165) is 0 Å². The first-order valence-corrected chi connectivity index (χ1v) is 8.09. The van der Waals surface area contributed by atoms with Crippen LogP contribution in [0.25, 0.3) is 0 Å². The highest BCUT2D eigenvalue weighted by atomic mass is 16.5. The Balaban J connectivity index is 2.17. The number of ether oxygens (including phenoxy) is 3. The van der Waals surface area contributed by atoms with Crippen LogP contribution in [0.5, 0.6) is 17.2 Å². The van der Waals surface area contributed by atoms with E-state index in [9.17, 15) is 9.59 Å². The maximum atomic E-state index is 12.3. The highest BCUT2D eigenvalue weighted by molar-refractivity contribution is 6.01. The Morgan fingerprint density at radius 3 is 1.96 bits per heavy atom.